The first-order valence-corrected chi connectivity index (χ1v) is 4.36. The van der Waals surface area contributed by atoms with Crippen LogP contribution < -0.4 is 0 Å². The van der Waals surface area contributed by atoms with Crippen LogP contribution in [0.2, 0.25) is 0 Å². The second kappa shape index (κ2) is 3.93. The molecule has 0 aromatic carbocycles. The second-order valence-corrected chi connectivity index (χ2v) is 3.33. The maximum absolute atomic E-state index is 10.4. The number of hydrogen-bond donors (Lipinski definition) is 0. The summed E-state index contributed by atoms with van der Waals surface area (Å²) in [6.45, 7) is 0. The van der Waals surface area contributed by atoms with Gasteiger partial charge in [0.25, 0.3) is 0 Å². The fourth-order valence-corrected chi connectivity index (χ4v) is 1.07. The Kier molecular flexibility index (Phi) is 3.89. The normalized spacial score (nSPS) is 14.1. The molecular formula is C4H5BrO4S. The monoisotopic (exact) mass is 228 g/mol. The van der Waals surface area contributed by atoms with E-state index < -0.39 is 15.4 Å². The third-order valence-corrected chi connectivity index (χ3v) is 2.07. The summed E-state index contributed by atoms with van der Waals surface area (Å²) in [5, 5.41) is -0.975. The van der Waals surface area contributed by atoms with Gasteiger partial charge in [0, 0.05) is 0 Å². The maximum atomic E-state index is 10.4. The predicted octanol–water partition coefficient (Wildman–Crippen LogP) is 0.248. The van der Waals surface area contributed by atoms with Crippen LogP contribution in [0, 0.1) is 12.3 Å². The Labute approximate surface area is 68.0 Å². The quantitative estimate of drug-likeness (QED) is 0.514. The molecule has 0 radical (unpaired) electrons. The molecule has 0 aliphatic carbocycles. The van der Waals surface area contributed by atoms with Gasteiger partial charge in [-0.15, -0.1) is 6.42 Å². The molecule has 0 spiro atoms. The molecule has 0 heterocycles. The average Bonchev–Trinajstić information content (AvgIpc) is 1.87. The van der Waals surface area contributed by atoms with Crippen molar-refractivity contribution < 1.29 is 16.8 Å². The molecule has 0 aliphatic heterocycles. The lowest BCUT2D eigenvalue weighted by Gasteiger charge is -2.01. The Bertz CT molecular complexity index is 226. The lowest BCUT2D eigenvalue weighted by Crippen LogP contribution is -2.12. The van der Waals surface area contributed by atoms with Crippen LogP contribution in [-0.4, -0.2) is 20.5 Å². The topological polar surface area (TPSA) is 52.6 Å². The average molecular weight is 229 g/mol. The number of halogens is 1. The smallest absolute Gasteiger partial charge is 0.251 e. The SMILES string of the molecule is C#CC(Br)OS(=O)(=O)OC. The summed E-state index contributed by atoms with van der Waals surface area (Å²) >= 11 is 2.74. The van der Waals surface area contributed by atoms with Crippen molar-refractivity contribution in [2.75, 3.05) is 7.11 Å². The fraction of sp³-hybridized carbons (Fsp3) is 0.500. The zero-order valence-electron chi connectivity index (χ0n) is 5.07. The Balaban J connectivity index is 4.06. The molecule has 10 heavy (non-hydrogen) atoms. The molecule has 1 atom stereocenters. The first-order chi connectivity index (χ1) is 4.52. The highest BCUT2D eigenvalue weighted by Crippen LogP contribution is 2.05. The van der Waals surface area contributed by atoms with E-state index in [0.717, 1.165) is 7.11 Å². The first-order valence-electron chi connectivity index (χ1n) is 2.11. The van der Waals surface area contributed by atoms with Gasteiger partial charge < -0.3 is 0 Å². The van der Waals surface area contributed by atoms with E-state index in [9.17, 15) is 8.42 Å². The predicted molar refractivity (Wildman–Crippen MR) is 38.6 cm³/mol. The van der Waals surface area contributed by atoms with Gasteiger partial charge in [-0.05, 0) is 15.9 Å². The van der Waals surface area contributed by atoms with Crippen molar-refractivity contribution in [3.05, 3.63) is 0 Å². The Morgan fingerprint density at radius 1 is 1.70 bits per heavy atom. The standard InChI is InChI=1S/C4H5BrO4S/c1-3-4(5)9-10(6,7)8-2/h1,4H,2H3. The number of terminal acetylenes is 1. The number of rotatable bonds is 3. The third-order valence-electron chi connectivity index (χ3n) is 0.537. The minimum absolute atomic E-state index is 0.975. The van der Waals surface area contributed by atoms with Crippen molar-refractivity contribution in [1.29, 1.82) is 0 Å². The molecule has 0 aromatic heterocycles. The summed E-state index contributed by atoms with van der Waals surface area (Å²) in [6, 6.07) is 0. The van der Waals surface area contributed by atoms with Crippen LogP contribution >= 0.6 is 15.9 Å². The molecule has 1 unspecified atom stereocenters. The summed E-state index contributed by atoms with van der Waals surface area (Å²) in [4.78, 5) is 0. The zero-order valence-corrected chi connectivity index (χ0v) is 7.48. The zero-order chi connectivity index (χ0) is 8.20. The molecule has 0 rings (SSSR count). The van der Waals surface area contributed by atoms with Crippen molar-refractivity contribution >= 4 is 26.3 Å². The number of hydrogen-bond acceptors (Lipinski definition) is 4. The maximum Gasteiger partial charge on any atom is 0.401 e. The van der Waals surface area contributed by atoms with Crippen LogP contribution in [0.1, 0.15) is 0 Å². The van der Waals surface area contributed by atoms with Crippen LogP contribution in [-0.2, 0) is 18.8 Å². The van der Waals surface area contributed by atoms with Crippen LogP contribution in [0.25, 0.3) is 0 Å². The molecule has 0 N–H and O–H groups in total. The Hall–Kier alpha value is -0.0900. The van der Waals surface area contributed by atoms with Gasteiger partial charge in [0.2, 0.25) is 0 Å². The highest BCUT2D eigenvalue weighted by atomic mass is 79.9. The number of alkyl halides is 1. The van der Waals surface area contributed by atoms with E-state index in [-0.39, 0.29) is 0 Å². The lowest BCUT2D eigenvalue weighted by molar-refractivity contribution is 0.257. The van der Waals surface area contributed by atoms with E-state index >= 15 is 0 Å². The molecule has 0 aromatic rings. The molecule has 0 bridgehead atoms. The minimum atomic E-state index is -3.92. The first kappa shape index (κ1) is 9.91. The van der Waals surface area contributed by atoms with Crippen LogP contribution in [0.15, 0.2) is 0 Å². The van der Waals surface area contributed by atoms with E-state index in [0.29, 0.717) is 0 Å². The summed E-state index contributed by atoms with van der Waals surface area (Å²) in [7, 11) is -2.94. The van der Waals surface area contributed by atoms with Crippen molar-refractivity contribution in [2.24, 2.45) is 0 Å². The van der Waals surface area contributed by atoms with Crippen molar-refractivity contribution in [3.63, 3.8) is 0 Å². The highest BCUT2D eigenvalue weighted by Gasteiger charge is 2.13. The van der Waals surface area contributed by atoms with E-state index in [1.54, 1.807) is 0 Å². The van der Waals surface area contributed by atoms with Gasteiger partial charge in [-0.3, -0.25) is 4.18 Å². The van der Waals surface area contributed by atoms with Gasteiger partial charge in [0.05, 0.1) is 7.11 Å². The molecule has 58 valence electrons. The molecular weight excluding hydrogens is 224 g/mol. The van der Waals surface area contributed by atoms with E-state index in [4.69, 9.17) is 6.42 Å². The van der Waals surface area contributed by atoms with Crippen molar-refractivity contribution in [2.45, 2.75) is 5.01 Å². The summed E-state index contributed by atoms with van der Waals surface area (Å²) < 4.78 is 28.9. The Morgan fingerprint density at radius 3 is 2.50 bits per heavy atom. The largest absolute Gasteiger partial charge is 0.401 e. The van der Waals surface area contributed by atoms with Gasteiger partial charge in [0.15, 0.2) is 5.01 Å². The molecule has 4 nitrogen and oxygen atoms in total. The molecule has 0 fully saturated rings. The molecule has 0 saturated carbocycles. The van der Waals surface area contributed by atoms with E-state index in [2.05, 4.69) is 24.3 Å². The molecule has 0 saturated heterocycles. The second-order valence-electron chi connectivity index (χ2n) is 1.15. The highest BCUT2D eigenvalue weighted by molar-refractivity contribution is 9.09. The molecule has 6 heteroatoms. The van der Waals surface area contributed by atoms with E-state index in [1.807, 2.05) is 5.92 Å². The minimum Gasteiger partial charge on any atom is -0.251 e. The molecule has 0 aliphatic rings. The lowest BCUT2D eigenvalue weighted by atomic mass is 10.8. The van der Waals surface area contributed by atoms with Gasteiger partial charge >= 0.3 is 10.4 Å². The van der Waals surface area contributed by atoms with Gasteiger partial charge in [0.1, 0.15) is 0 Å². The molecule has 0 amide bonds. The van der Waals surface area contributed by atoms with Gasteiger partial charge in [-0.1, -0.05) is 5.92 Å². The summed E-state index contributed by atoms with van der Waals surface area (Å²) in [6.07, 6.45) is 4.79. The van der Waals surface area contributed by atoms with Crippen LogP contribution in [0.5, 0.6) is 0 Å². The van der Waals surface area contributed by atoms with Gasteiger partial charge in [-0.2, -0.15) is 8.42 Å². The van der Waals surface area contributed by atoms with Crippen LogP contribution in [0.3, 0.4) is 0 Å². The summed E-state index contributed by atoms with van der Waals surface area (Å²) in [5.74, 6) is 1.99. The van der Waals surface area contributed by atoms with Crippen LogP contribution in [0.4, 0.5) is 0 Å². The van der Waals surface area contributed by atoms with Crippen molar-refractivity contribution in [3.8, 4) is 12.3 Å². The van der Waals surface area contributed by atoms with Gasteiger partial charge in [-0.25, -0.2) is 4.18 Å². The Morgan fingerprint density at radius 2 is 2.20 bits per heavy atom. The third kappa shape index (κ3) is 3.85. The summed E-state index contributed by atoms with van der Waals surface area (Å²) in [5.41, 5.74) is 0. The fourth-order valence-electron chi connectivity index (χ4n) is 0.171. The van der Waals surface area contributed by atoms with Crippen molar-refractivity contribution in [1.82, 2.24) is 0 Å². The van der Waals surface area contributed by atoms with E-state index in [1.165, 1.54) is 0 Å².